The molecule has 6 N–H and O–H groups in total. The minimum Gasteiger partial charge on any atom is -0.366 e. The number of benzene rings is 1. The minimum atomic E-state index is -0.460. The number of nitrogens with one attached hydrogen (secondary N) is 4. The van der Waals surface area contributed by atoms with Crippen LogP contribution in [0.4, 0.5) is 23.5 Å². The number of anilines is 4. The van der Waals surface area contributed by atoms with Crippen LogP contribution in [-0.4, -0.2) is 46.5 Å². The SMILES string of the molecule is Cc1ccc(C(N)=O)cc1Nc1nc(NCC23CC4CC(CC(C4)C2)C3)nc(NC2CCNC2)n1. The number of amides is 1. The number of nitrogens with two attached hydrogens (primary N) is 1. The lowest BCUT2D eigenvalue weighted by atomic mass is 9.49. The molecule has 2 aromatic rings. The highest BCUT2D eigenvalue weighted by atomic mass is 16.1. The molecule has 0 spiro atoms. The summed E-state index contributed by atoms with van der Waals surface area (Å²) in [5.74, 6) is 3.87. The number of aromatic nitrogens is 3. The molecular formula is C26H36N8O. The fraction of sp³-hybridized carbons (Fsp3) is 0.615. The van der Waals surface area contributed by atoms with Crippen LogP contribution in [0.2, 0.25) is 0 Å². The van der Waals surface area contributed by atoms with Gasteiger partial charge in [-0.25, -0.2) is 0 Å². The van der Waals surface area contributed by atoms with E-state index in [1.54, 1.807) is 12.1 Å². The molecule has 1 amide bonds. The van der Waals surface area contributed by atoms with Crippen molar-refractivity contribution in [1.82, 2.24) is 20.3 Å². The molecule has 1 aromatic heterocycles. The molecule has 7 rings (SSSR count). The number of primary amides is 1. The molecule has 186 valence electrons. The van der Waals surface area contributed by atoms with Gasteiger partial charge in [0.1, 0.15) is 0 Å². The van der Waals surface area contributed by atoms with E-state index in [0.29, 0.717) is 34.9 Å². The Kier molecular flexibility index (Phi) is 5.75. The van der Waals surface area contributed by atoms with E-state index in [1.165, 1.54) is 38.5 Å². The van der Waals surface area contributed by atoms with Crippen LogP contribution in [0.1, 0.15) is 60.9 Å². The maximum Gasteiger partial charge on any atom is 0.248 e. The van der Waals surface area contributed by atoms with E-state index in [1.807, 2.05) is 13.0 Å². The lowest BCUT2D eigenvalue weighted by molar-refractivity contribution is -0.0445. The van der Waals surface area contributed by atoms with Crippen molar-refractivity contribution in [3.8, 4) is 0 Å². The number of carbonyl (C=O) groups is 1. The predicted octanol–water partition coefficient (Wildman–Crippen LogP) is 3.42. The van der Waals surface area contributed by atoms with Gasteiger partial charge in [-0.1, -0.05) is 6.07 Å². The quantitative estimate of drug-likeness (QED) is 0.392. The third kappa shape index (κ3) is 4.78. The van der Waals surface area contributed by atoms with Crippen LogP contribution >= 0.6 is 0 Å². The fourth-order valence-electron chi connectivity index (χ4n) is 7.34. The number of rotatable bonds is 8. The summed E-state index contributed by atoms with van der Waals surface area (Å²) in [7, 11) is 0. The van der Waals surface area contributed by atoms with Crippen LogP contribution < -0.4 is 27.0 Å². The molecule has 4 aliphatic carbocycles. The van der Waals surface area contributed by atoms with E-state index < -0.39 is 5.91 Å². The second-order valence-corrected chi connectivity index (χ2v) is 11.4. The Bertz CT molecular complexity index is 1080. The lowest BCUT2D eigenvalue weighted by Crippen LogP contribution is -2.49. The Morgan fingerprint density at radius 1 is 1.06 bits per heavy atom. The Morgan fingerprint density at radius 3 is 2.40 bits per heavy atom. The first-order chi connectivity index (χ1) is 16.9. The molecule has 9 nitrogen and oxygen atoms in total. The first-order valence-corrected chi connectivity index (χ1v) is 13.1. The fourth-order valence-corrected chi connectivity index (χ4v) is 7.34. The highest BCUT2D eigenvalue weighted by Crippen LogP contribution is 2.59. The van der Waals surface area contributed by atoms with Crippen molar-refractivity contribution < 1.29 is 4.79 Å². The van der Waals surface area contributed by atoms with Crippen molar-refractivity contribution in [3.05, 3.63) is 29.3 Å². The summed E-state index contributed by atoms with van der Waals surface area (Å²) in [5.41, 5.74) is 8.06. The molecule has 1 aliphatic heterocycles. The van der Waals surface area contributed by atoms with Gasteiger partial charge >= 0.3 is 0 Å². The van der Waals surface area contributed by atoms with E-state index in [9.17, 15) is 4.79 Å². The van der Waals surface area contributed by atoms with E-state index in [2.05, 4.69) is 26.3 Å². The summed E-state index contributed by atoms with van der Waals surface area (Å²) in [5, 5.41) is 13.8. The largest absolute Gasteiger partial charge is 0.366 e. The van der Waals surface area contributed by atoms with Crippen molar-refractivity contribution in [1.29, 1.82) is 0 Å². The van der Waals surface area contributed by atoms with Gasteiger partial charge < -0.3 is 27.0 Å². The molecule has 2 heterocycles. The Hall–Kier alpha value is -2.94. The monoisotopic (exact) mass is 476 g/mol. The van der Waals surface area contributed by atoms with Gasteiger partial charge in [0.15, 0.2) is 0 Å². The zero-order chi connectivity index (χ0) is 24.0. The predicted molar refractivity (Wildman–Crippen MR) is 137 cm³/mol. The second-order valence-electron chi connectivity index (χ2n) is 11.4. The molecule has 5 aliphatic rings. The smallest absolute Gasteiger partial charge is 0.248 e. The number of aryl methyl sites for hydroxylation is 1. The van der Waals surface area contributed by atoms with Crippen LogP contribution in [0.3, 0.4) is 0 Å². The highest BCUT2D eigenvalue weighted by molar-refractivity contribution is 5.94. The van der Waals surface area contributed by atoms with Gasteiger partial charge in [0.05, 0.1) is 0 Å². The molecule has 0 radical (unpaired) electrons. The maximum absolute atomic E-state index is 11.7. The molecular weight excluding hydrogens is 440 g/mol. The zero-order valence-electron chi connectivity index (χ0n) is 20.4. The topological polar surface area (TPSA) is 130 Å². The van der Waals surface area contributed by atoms with Gasteiger partial charge in [0.2, 0.25) is 23.8 Å². The first-order valence-electron chi connectivity index (χ1n) is 13.1. The van der Waals surface area contributed by atoms with Gasteiger partial charge in [-0.05, 0) is 99.3 Å². The van der Waals surface area contributed by atoms with E-state index >= 15 is 0 Å². The average Bonchev–Trinajstić information content (AvgIpc) is 3.31. The summed E-state index contributed by atoms with van der Waals surface area (Å²) >= 11 is 0. The molecule has 1 unspecified atom stereocenters. The van der Waals surface area contributed by atoms with Crippen molar-refractivity contribution >= 4 is 29.4 Å². The Balaban J connectivity index is 1.24. The Morgan fingerprint density at radius 2 is 1.74 bits per heavy atom. The van der Waals surface area contributed by atoms with Crippen LogP contribution in [-0.2, 0) is 0 Å². The minimum absolute atomic E-state index is 0.293. The maximum atomic E-state index is 11.7. The molecule has 1 saturated heterocycles. The van der Waals surface area contributed by atoms with Crippen LogP contribution in [0, 0.1) is 30.1 Å². The van der Waals surface area contributed by atoms with Gasteiger partial charge in [0.25, 0.3) is 0 Å². The highest BCUT2D eigenvalue weighted by Gasteiger charge is 2.50. The molecule has 4 saturated carbocycles. The average molecular weight is 477 g/mol. The van der Waals surface area contributed by atoms with E-state index in [0.717, 1.165) is 55.1 Å². The summed E-state index contributed by atoms with van der Waals surface area (Å²) in [6.07, 6.45) is 9.34. The molecule has 1 atom stereocenters. The normalized spacial score (nSPS) is 30.9. The molecule has 5 fully saturated rings. The zero-order valence-corrected chi connectivity index (χ0v) is 20.4. The first kappa shape index (κ1) is 22.5. The third-order valence-electron chi connectivity index (χ3n) is 8.58. The summed E-state index contributed by atoms with van der Waals surface area (Å²) in [6.45, 7) is 4.78. The third-order valence-corrected chi connectivity index (χ3v) is 8.58. The molecule has 9 heteroatoms. The van der Waals surface area contributed by atoms with Crippen molar-refractivity contribution in [2.45, 2.75) is 57.9 Å². The second kappa shape index (κ2) is 8.93. The standard InChI is InChI=1S/C26H36N8O/c1-15-2-3-19(22(27)35)9-21(15)31-25-33-23(32-24(34-25)30-20-4-5-28-13-20)29-14-26-10-16-6-17(11-26)8-18(7-16)12-26/h2-3,9,16-18,20,28H,4-8,10-14H2,1H3,(H2,27,35)(H3,29,30,31,32,33,34). The van der Waals surface area contributed by atoms with E-state index in [4.69, 9.17) is 15.7 Å². The van der Waals surface area contributed by atoms with Crippen LogP contribution in [0.5, 0.6) is 0 Å². The number of hydrogen-bond acceptors (Lipinski definition) is 8. The van der Waals surface area contributed by atoms with Crippen LogP contribution in [0.15, 0.2) is 18.2 Å². The molecule has 4 bridgehead atoms. The van der Waals surface area contributed by atoms with Crippen molar-refractivity contribution in [3.63, 3.8) is 0 Å². The summed E-state index contributed by atoms with van der Waals surface area (Å²) in [4.78, 5) is 25.8. The van der Waals surface area contributed by atoms with Gasteiger partial charge in [-0.15, -0.1) is 0 Å². The number of carbonyl (C=O) groups excluding carboxylic acids is 1. The summed E-state index contributed by atoms with van der Waals surface area (Å²) < 4.78 is 0. The van der Waals surface area contributed by atoms with E-state index in [-0.39, 0.29) is 0 Å². The Labute approximate surface area is 206 Å². The number of nitrogens with zero attached hydrogens (tertiary/aromatic N) is 3. The van der Waals surface area contributed by atoms with Crippen molar-refractivity contribution in [2.75, 3.05) is 35.6 Å². The molecule has 1 aromatic carbocycles. The van der Waals surface area contributed by atoms with Gasteiger partial charge in [-0.3, -0.25) is 4.79 Å². The lowest BCUT2D eigenvalue weighted by Gasteiger charge is -2.56. The van der Waals surface area contributed by atoms with Crippen molar-refractivity contribution in [2.24, 2.45) is 28.9 Å². The van der Waals surface area contributed by atoms with Gasteiger partial charge in [0, 0.05) is 30.4 Å². The summed E-state index contributed by atoms with van der Waals surface area (Å²) in [6, 6.07) is 5.65. The van der Waals surface area contributed by atoms with Gasteiger partial charge in [-0.2, -0.15) is 15.0 Å². The molecule has 35 heavy (non-hydrogen) atoms. The number of hydrogen-bond donors (Lipinski definition) is 5. The van der Waals surface area contributed by atoms with Crippen LogP contribution in [0.25, 0.3) is 0 Å².